The summed E-state index contributed by atoms with van der Waals surface area (Å²) in [6, 6.07) is 1.35. The van der Waals surface area contributed by atoms with Crippen molar-refractivity contribution >= 4 is 22.0 Å². The number of benzene rings is 1. The second kappa shape index (κ2) is 4.46. The van der Waals surface area contributed by atoms with Gasteiger partial charge in [0.05, 0.1) is 0 Å². The van der Waals surface area contributed by atoms with Crippen molar-refractivity contribution in [3.63, 3.8) is 0 Å². The Morgan fingerprint density at radius 1 is 1.08 bits per heavy atom. The fraction of sp³-hybridized carbons (Fsp3) is 0.111. The predicted molar refractivity (Wildman–Crippen MR) is 49.1 cm³/mol. The highest BCUT2D eigenvalue weighted by Gasteiger charge is 2.06. The standard InChI is InChI=1S/C9H6BrF3/c10-3-1-2-6-4-8(12)9(13)5-7(6)11/h1-2,4-5H,3H2/b2-1+. The van der Waals surface area contributed by atoms with Gasteiger partial charge in [0, 0.05) is 17.0 Å². The zero-order chi connectivity index (χ0) is 9.84. The number of alkyl halides is 1. The molecule has 0 spiro atoms. The Balaban J connectivity index is 3.08. The molecule has 0 amide bonds. The van der Waals surface area contributed by atoms with Gasteiger partial charge in [-0.25, -0.2) is 13.2 Å². The number of rotatable bonds is 2. The van der Waals surface area contributed by atoms with Crippen LogP contribution < -0.4 is 0 Å². The first kappa shape index (κ1) is 10.3. The van der Waals surface area contributed by atoms with E-state index >= 15 is 0 Å². The van der Waals surface area contributed by atoms with Gasteiger partial charge in [-0.2, -0.15) is 0 Å². The molecule has 0 aromatic heterocycles. The van der Waals surface area contributed by atoms with Crippen molar-refractivity contribution in [3.05, 3.63) is 41.2 Å². The van der Waals surface area contributed by atoms with E-state index in [1.54, 1.807) is 6.08 Å². The lowest BCUT2D eigenvalue weighted by molar-refractivity contribution is 0.494. The molecule has 1 rings (SSSR count). The van der Waals surface area contributed by atoms with Gasteiger partial charge in [0.25, 0.3) is 0 Å². The minimum Gasteiger partial charge on any atom is -0.206 e. The van der Waals surface area contributed by atoms with E-state index < -0.39 is 17.5 Å². The van der Waals surface area contributed by atoms with Crippen LogP contribution in [0.2, 0.25) is 0 Å². The molecule has 0 heterocycles. The SMILES string of the molecule is Fc1cc(F)c(/C=C/CBr)cc1F. The maximum atomic E-state index is 12.9. The molecule has 0 radical (unpaired) electrons. The quantitative estimate of drug-likeness (QED) is 0.557. The van der Waals surface area contributed by atoms with Crippen LogP contribution in [0.5, 0.6) is 0 Å². The van der Waals surface area contributed by atoms with Crippen molar-refractivity contribution in [2.24, 2.45) is 0 Å². The lowest BCUT2D eigenvalue weighted by Gasteiger charge is -1.97. The Bertz CT molecular complexity index is 334. The molecule has 1 aromatic carbocycles. The van der Waals surface area contributed by atoms with E-state index in [2.05, 4.69) is 15.9 Å². The number of hydrogen-bond acceptors (Lipinski definition) is 0. The van der Waals surface area contributed by atoms with Crippen molar-refractivity contribution in [1.82, 2.24) is 0 Å². The fourth-order valence-electron chi connectivity index (χ4n) is 0.837. The van der Waals surface area contributed by atoms with Crippen LogP contribution in [-0.2, 0) is 0 Å². The average molecular weight is 251 g/mol. The molecule has 4 heteroatoms. The van der Waals surface area contributed by atoms with Crippen molar-refractivity contribution in [2.75, 3.05) is 5.33 Å². The molecule has 0 nitrogen and oxygen atoms in total. The first-order chi connectivity index (χ1) is 6.15. The lowest BCUT2D eigenvalue weighted by atomic mass is 10.2. The maximum absolute atomic E-state index is 12.9. The second-order valence-electron chi connectivity index (χ2n) is 2.34. The van der Waals surface area contributed by atoms with Gasteiger partial charge in [-0.15, -0.1) is 0 Å². The highest BCUT2D eigenvalue weighted by atomic mass is 79.9. The molecule has 0 bridgehead atoms. The van der Waals surface area contributed by atoms with Gasteiger partial charge in [-0.05, 0) is 6.07 Å². The minimum atomic E-state index is -1.17. The monoisotopic (exact) mass is 250 g/mol. The molecule has 0 saturated heterocycles. The van der Waals surface area contributed by atoms with Crippen molar-refractivity contribution in [3.8, 4) is 0 Å². The maximum Gasteiger partial charge on any atom is 0.161 e. The van der Waals surface area contributed by atoms with Gasteiger partial charge in [0.15, 0.2) is 11.6 Å². The van der Waals surface area contributed by atoms with Gasteiger partial charge in [-0.1, -0.05) is 28.1 Å². The van der Waals surface area contributed by atoms with E-state index in [4.69, 9.17) is 0 Å². The highest BCUT2D eigenvalue weighted by Crippen LogP contribution is 2.14. The average Bonchev–Trinajstić information content (AvgIpc) is 2.09. The Morgan fingerprint density at radius 2 is 1.69 bits per heavy atom. The van der Waals surface area contributed by atoms with Gasteiger partial charge in [0.1, 0.15) is 5.82 Å². The summed E-state index contributed by atoms with van der Waals surface area (Å²) < 4.78 is 37.9. The zero-order valence-electron chi connectivity index (χ0n) is 6.53. The summed E-state index contributed by atoms with van der Waals surface area (Å²) in [7, 11) is 0. The molecule has 0 saturated carbocycles. The van der Waals surface area contributed by atoms with E-state index in [0.717, 1.165) is 6.07 Å². The van der Waals surface area contributed by atoms with E-state index in [9.17, 15) is 13.2 Å². The molecule has 70 valence electrons. The molecule has 0 unspecified atom stereocenters. The Labute approximate surface area is 82.2 Å². The number of hydrogen-bond donors (Lipinski definition) is 0. The molecule has 0 aliphatic carbocycles. The first-order valence-corrected chi connectivity index (χ1v) is 4.64. The summed E-state index contributed by atoms with van der Waals surface area (Å²) in [5.41, 5.74) is 0.0401. The summed E-state index contributed by atoms with van der Waals surface area (Å²) in [5, 5.41) is 0.533. The van der Waals surface area contributed by atoms with Crippen LogP contribution in [0.3, 0.4) is 0 Å². The highest BCUT2D eigenvalue weighted by molar-refractivity contribution is 9.09. The molecule has 13 heavy (non-hydrogen) atoms. The number of halogens is 4. The topological polar surface area (TPSA) is 0 Å². The normalized spacial score (nSPS) is 11.1. The lowest BCUT2D eigenvalue weighted by Crippen LogP contribution is -1.89. The summed E-state index contributed by atoms with van der Waals surface area (Å²) in [5.74, 6) is -2.99. The third-order valence-corrected chi connectivity index (χ3v) is 1.80. The van der Waals surface area contributed by atoms with E-state index in [1.165, 1.54) is 6.08 Å². The molecule has 0 atom stereocenters. The van der Waals surface area contributed by atoms with Crippen LogP contribution in [0, 0.1) is 17.5 Å². The van der Waals surface area contributed by atoms with Crippen LogP contribution >= 0.6 is 15.9 Å². The Hall–Kier alpha value is -0.770. The van der Waals surface area contributed by atoms with Crippen LogP contribution in [0.25, 0.3) is 6.08 Å². The predicted octanol–water partition coefficient (Wildman–Crippen LogP) is 3.51. The minimum absolute atomic E-state index is 0.0401. The molecule has 0 N–H and O–H groups in total. The van der Waals surface area contributed by atoms with Gasteiger partial charge in [-0.3, -0.25) is 0 Å². The third-order valence-electron chi connectivity index (χ3n) is 1.43. The van der Waals surface area contributed by atoms with Crippen molar-refractivity contribution in [1.29, 1.82) is 0 Å². The van der Waals surface area contributed by atoms with E-state index in [-0.39, 0.29) is 5.56 Å². The molecule has 0 fully saturated rings. The van der Waals surface area contributed by atoms with E-state index in [1.807, 2.05) is 0 Å². The van der Waals surface area contributed by atoms with Gasteiger partial charge in [0.2, 0.25) is 0 Å². The number of allylic oxidation sites excluding steroid dienone is 1. The Kier molecular flexibility index (Phi) is 3.54. The van der Waals surface area contributed by atoms with Crippen LogP contribution in [-0.4, -0.2) is 5.33 Å². The summed E-state index contributed by atoms with van der Waals surface area (Å²) in [6.07, 6.45) is 2.97. The molecular formula is C9H6BrF3. The second-order valence-corrected chi connectivity index (χ2v) is 2.99. The fourth-order valence-corrected chi connectivity index (χ4v) is 1.02. The third kappa shape index (κ3) is 2.59. The van der Waals surface area contributed by atoms with Crippen molar-refractivity contribution in [2.45, 2.75) is 0 Å². The van der Waals surface area contributed by atoms with Crippen LogP contribution in [0.4, 0.5) is 13.2 Å². The molecule has 0 aliphatic heterocycles. The zero-order valence-corrected chi connectivity index (χ0v) is 8.11. The van der Waals surface area contributed by atoms with Crippen LogP contribution in [0.15, 0.2) is 18.2 Å². The molecule has 0 aliphatic rings. The summed E-state index contributed by atoms with van der Waals surface area (Å²) >= 11 is 3.09. The smallest absolute Gasteiger partial charge is 0.161 e. The Morgan fingerprint density at radius 3 is 2.31 bits per heavy atom. The largest absolute Gasteiger partial charge is 0.206 e. The van der Waals surface area contributed by atoms with Crippen molar-refractivity contribution < 1.29 is 13.2 Å². The van der Waals surface area contributed by atoms with Gasteiger partial charge < -0.3 is 0 Å². The van der Waals surface area contributed by atoms with E-state index in [0.29, 0.717) is 11.4 Å². The van der Waals surface area contributed by atoms with Crippen LogP contribution in [0.1, 0.15) is 5.56 Å². The molecular weight excluding hydrogens is 245 g/mol. The summed E-state index contributed by atoms with van der Waals surface area (Å²) in [4.78, 5) is 0. The molecule has 1 aromatic rings. The summed E-state index contributed by atoms with van der Waals surface area (Å²) in [6.45, 7) is 0. The first-order valence-electron chi connectivity index (χ1n) is 3.52. The van der Waals surface area contributed by atoms with Gasteiger partial charge >= 0.3 is 0 Å².